The molecule has 0 saturated carbocycles. The Morgan fingerprint density at radius 1 is 0.853 bits per heavy atom. The van der Waals surface area contributed by atoms with Crippen molar-refractivity contribution in [1.29, 1.82) is 0 Å². The molecule has 0 aromatic heterocycles. The highest BCUT2D eigenvalue weighted by Crippen LogP contribution is 2.24. The Morgan fingerprint density at radius 2 is 1.47 bits per heavy atom. The summed E-state index contributed by atoms with van der Waals surface area (Å²) in [5, 5.41) is 27.1. The third-order valence-electron chi connectivity index (χ3n) is 6.70. The zero-order valence-corrected chi connectivity index (χ0v) is 21.6. The average Bonchev–Trinajstić information content (AvgIpc) is 3.32. The Balaban J connectivity index is 0.000000362. The molecule has 0 amide bonds. The first kappa shape index (κ1) is 30.1. The molecule has 1 unspecified atom stereocenters. The van der Waals surface area contributed by atoms with E-state index in [0.29, 0.717) is 6.42 Å². The van der Waals surface area contributed by atoms with Gasteiger partial charge in [-0.05, 0) is 56.1 Å². The van der Waals surface area contributed by atoms with Gasteiger partial charge < -0.3 is 15.3 Å². The molecule has 1 aromatic carbocycles. The molecule has 2 rings (SSSR count). The number of hydrogen-bond donors (Lipinski definition) is 3. The van der Waals surface area contributed by atoms with Crippen LogP contribution >= 0.6 is 0 Å². The number of phenols is 2. The molecule has 0 heterocycles. The van der Waals surface area contributed by atoms with Gasteiger partial charge in [0.1, 0.15) is 11.5 Å². The van der Waals surface area contributed by atoms with Gasteiger partial charge in [-0.25, -0.2) is 0 Å². The number of unbranched alkanes of at least 4 members (excludes halogenated alkanes) is 12. The maximum Gasteiger partial charge on any atom is 0.303 e. The summed E-state index contributed by atoms with van der Waals surface area (Å²) in [6.07, 6.45) is 27.6. The number of benzene rings is 1. The third-order valence-corrected chi connectivity index (χ3v) is 6.70. The summed E-state index contributed by atoms with van der Waals surface area (Å²) < 4.78 is 0. The second kappa shape index (κ2) is 20.4. The van der Waals surface area contributed by atoms with E-state index in [2.05, 4.69) is 19.1 Å². The molecule has 3 N–H and O–H groups in total. The highest BCUT2D eigenvalue weighted by Gasteiger charge is 2.07. The number of allylic oxidation sites excluding steroid dienone is 2. The summed E-state index contributed by atoms with van der Waals surface area (Å²) >= 11 is 0. The van der Waals surface area contributed by atoms with Crippen molar-refractivity contribution < 1.29 is 20.1 Å². The lowest BCUT2D eigenvalue weighted by Gasteiger charge is -2.06. The van der Waals surface area contributed by atoms with E-state index < -0.39 is 5.97 Å². The number of aliphatic carboxylic acids is 1. The molecule has 1 atom stereocenters. The van der Waals surface area contributed by atoms with Crippen molar-refractivity contribution in [3.05, 3.63) is 35.9 Å². The Morgan fingerprint density at radius 3 is 2.03 bits per heavy atom. The second-order valence-electron chi connectivity index (χ2n) is 9.86. The van der Waals surface area contributed by atoms with Crippen molar-refractivity contribution >= 4 is 5.97 Å². The molecule has 0 radical (unpaired) electrons. The summed E-state index contributed by atoms with van der Waals surface area (Å²) in [7, 11) is 0. The van der Waals surface area contributed by atoms with Crippen molar-refractivity contribution in [2.45, 2.75) is 129 Å². The van der Waals surface area contributed by atoms with Crippen LogP contribution < -0.4 is 0 Å². The van der Waals surface area contributed by atoms with E-state index in [0.717, 1.165) is 37.2 Å². The number of rotatable bonds is 18. The average molecular weight is 475 g/mol. The minimum Gasteiger partial charge on any atom is -0.508 e. The maximum atomic E-state index is 10.3. The lowest BCUT2D eigenvalue weighted by molar-refractivity contribution is -0.137. The molecule has 1 aliphatic rings. The lowest BCUT2D eigenvalue weighted by atomic mass is 9.99. The fourth-order valence-corrected chi connectivity index (χ4v) is 4.54. The summed E-state index contributed by atoms with van der Waals surface area (Å²) in [4.78, 5) is 10.3. The largest absolute Gasteiger partial charge is 0.508 e. The standard InChI is InChI=1S/C18H32O2.C12H18O2/c19-18(20)16-10-8-6-4-2-1-3-5-7-9-13-17-14-11-12-15-17;1-2-3-4-5-6-10-7-8-11(13)9-12(10)14/h11,14,17H,1-10,12-13,15-16H2,(H,19,20);7-9,13-14H,2-6H2,1H3. The van der Waals surface area contributed by atoms with E-state index in [4.69, 9.17) is 10.2 Å². The van der Waals surface area contributed by atoms with Gasteiger partial charge in [0.25, 0.3) is 0 Å². The van der Waals surface area contributed by atoms with Crippen LogP contribution in [-0.4, -0.2) is 21.3 Å². The summed E-state index contributed by atoms with van der Waals surface area (Å²) in [6, 6.07) is 4.81. The third kappa shape index (κ3) is 16.6. The number of carboxylic acid groups (broad SMARTS) is 1. The molecule has 1 aromatic rings. The Kier molecular flexibility index (Phi) is 18.0. The highest BCUT2D eigenvalue weighted by atomic mass is 16.4. The van der Waals surface area contributed by atoms with Gasteiger partial charge in [0.15, 0.2) is 0 Å². The van der Waals surface area contributed by atoms with E-state index in [1.807, 2.05) is 0 Å². The van der Waals surface area contributed by atoms with Gasteiger partial charge in [-0.2, -0.15) is 0 Å². The van der Waals surface area contributed by atoms with Crippen LogP contribution in [0.25, 0.3) is 0 Å². The predicted octanol–water partition coefficient (Wildman–Crippen LogP) is 8.94. The molecule has 194 valence electrons. The summed E-state index contributed by atoms with van der Waals surface area (Å²) in [5.41, 5.74) is 0.930. The number of carboxylic acids is 1. The molecule has 0 bridgehead atoms. The quantitative estimate of drug-likeness (QED) is 0.146. The van der Waals surface area contributed by atoms with Crippen LogP contribution in [-0.2, 0) is 11.2 Å². The lowest BCUT2D eigenvalue weighted by Crippen LogP contribution is -1.93. The minimum atomic E-state index is -0.655. The Hall–Kier alpha value is -1.97. The van der Waals surface area contributed by atoms with Crippen molar-refractivity contribution in [2.24, 2.45) is 5.92 Å². The monoisotopic (exact) mass is 474 g/mol. The molecule has 0 saturated heterocycles. The van der Waals surface area contributed by atoms with Crippen LogP contribution in [0.15, 0.2) is 30.4 Å². The SMILES string of the molecule is CCCCCCc1ccc(O)cc1O.O=C(O)CCCCCCCCCCCCC1C=CCC1. The van der Waals surface area contributed by atoms with E-state index in [-0.39, 0.29) is 11.5 Å². The van der Waals surface area contributed by atoms with E-state index in [9.17, 15) is 9.90 Å². The van der Waals surface area contributed by atoms with Gasteiger partial charge in [0.2, 0.25) is 0 Å². The Bertz CT molecular complexity index is 668. The molecule has 0 spiro atoms. The van der Waals surface area contributed by atoms with Crippen LogP contribution in [0.4, 0.5) is 0 Å². The van der Waals surface area contributed by atoms with E-state index in [1.54, 1.807) is 12.1 Å². The van der Waals surface area contributed by atoms with Gasteiger partial charge in [-0.3, -0.25) is 4.79 Å². The van der Waals surface area contributed by atoms with Crippen LogP contribution in [0, 0.1) is 5.92 Å². The van der Waals surface area contributed by atoms with Crippen LogP contribution in [0.3, 0.4) is 0 Å². The molecule has 0 aliphatic heterocycles. The molecular weight excluding hydrogens is 424 g/mol. The normalized spacial score (nSPS) is 14.7. The van der Waals surface area contributed by atoms with E-state index >= 15 is 0 Å². The smallest absolute Gasteiger partial charge is 0.303 e. The minimum absolute atomic E-state index is 0.125. The summed E-state index contributed by atoms with van der Waals surface area (Å²) in [6.45, 7) is 2.18. The highest BCUT2D eigenvalue weighted by molar-refractivity contribution is 5.66. The molecule has 0 fully saturated rings. The number of carbonyl (C=O) groups is 1. The number of aryl methyl sites for hydroxylation is 1. The van der Waals surface area contributed by atoms with Gasteiger partial charge in [-0.1, -0.05) is 102 Å². The second-order valence-corrected chi connectivity index (χ2v) is 9.86. The van der Waals surface area contributed by atoms with Gasteiger partial charge >= 0.3 is 5.97 Å². The van der Waals surface area contributed by atoms with Crippen molar-refractivity contribution in [3.8, 4) is 11.5 Å². The molecule has 4 heteroatoms. The topological polar surface area (TPSA) is 77.8 Å². The number of aromatic hydroxyl groups is 2. The molecule has 1 aliphatic carbocycles. The van der Waals surface area contributed by atoms with Gasteiger partial charge in [0.05, 0.1) is 0 Å². The fourth-order valence-electron chi connectivity index (χ4n) is 4.54. The van der Waals surface area contributed by atoms with Gasteiger partial charge in [-0.15, -0.1) is 0 Å². The zero-order valence-electron chi connectivity index (χ0n) is 21.6. The number of hydrogen-bond acceptors (Lipinski definition) is 3. The fraction of sp³-hybridized carbons (Fsp3) is 0.700. The zero-order chi connectivity index (χ0) is 24.9. The first-order valence-corrected chi connectivity index (χ1v) is 13.9. The first-order valence-electron chi connectivity index (χ1n) is 13.9. The predicted molar refractivity (Wildman–Crippen MR) is 143 cm³/mol. The van der Waals surface area contributed by atoms with E-state index in [1.165, 1.54) is 96.0 Å². The van der Waals surface area contributed by atoms with Crippen LogP contribution in [0.1, 0.15) is 128 Å². The van der Waals surface area contributed by atoms with Gasteiger partial charge in [0, 0.05) is 12.5 Å². The summed E-state index contributed by atoms with van der Waals surface area (Å²) in [5.74, 6) is 0.570. The number of phenolic OH excluding ortho intramolecular Hbond substituents is 2. The first-order chi connectivity index (χ1) is 16.5. The van der Waals surface area contributed by atoms with Crippen LogP contribution in [0.2, 0.25) is 0 Å². The Labute approximate surface area is 208 Å². The molecular formula is C30H50O4. The maximum absolute atomic E-state index is 10.3. The molecule has 4 nitrogen and oxygen atoms in total. The van der Waals surface area contributed by atoms with Crippen molar-refractivity contribution in [2.75, 3.05) is 0 Å². The molecule has 34 heavy (non-hydrogen) atoms. The van der Waals surface area contributed by atoms with Crippen LogP contribution in [0.5, 0.6) is 11.5 Å². The van der Waals surface area contributed by atoms with Crippen molar-refractivity contribution in [3.63, 3.8) is 0 Å². The van der Waals surface area contributed by atoms with Crippen molar-refractivity contribution in [1.82, 2.24) is 0 Å².